The molecule has 5 nitrogen and oxygen atoms in total. The quantitative estimate of drug-likeness (QED) is 0.674. The highest BCUT2D eigenvalue weighted by Crippen LogP contribution is 2.25. The Labute approximate surface area is 110 Å². The summed E-state index contributed by atoms with van der Waals surface area (Å²) in [5, 5.41) is 14.3. The summed E-state index contributed by atoms with van der Waals surface area (Å²) in [5.41, 5.74) is 0.834. The summed E-state index contributed by atoms with van der Waals surface area (Å²) in [6, 6.07) is 5.32. The Hall–Kier alpha value is -1.17. The molecule has 0 unspecified atom stereocenters. The number of halogens is 1. The van der Waals surface area contributed by atoms with Gasteiger partial charge in [0.2, 0.25) is 0 Å². The average molecular weight is 271 g/mol. The van der Waals surface area contributed by atoms with Crippen LogP contribution in [0.5, 0.6) is 0 Å². The second-order valence-electron chi connectivity index (χ2n) is 4.31. The van der Waals surface area contributed by atoms with Gasteiger partial charge in [-0.2, -0.15) is 0 Å². The maximum atomic E-state index is 10.8. The van der Waals surface area contributed by atoms with Crippen molar-refractivity contribution in [1.82, 2.24) is 5.32 Å². The second-order valence-corrected chi connectivity index (χ2v) is 4.72. The summed E-state index contributed by atoms with van der Waals surface area (Å²) >= 11 is 5.76. The number of nitro groups is 1. The molecule has 1 saturated heterocycles. The number of nitrogens with one attached hydrogen (secondary N) is 1. The van der Waals surface area contributed by atoms with Gasteiger partial charge in [-0.3, -0.25) is 10.1 Å². The summed E-state index contributed by atoms with van der Waals surface area (Å²) in [5.74, 6) is 0. The number of nitro benzene ring substituents is 1. The molecule has 0 bridgehead atoms. The highest BCUT2D eigenvalue weighted by atomic mass is 35.5. The first-order valence-corrected chi connectivity index (χ1v) is 6.28. The first kappa shape index (κ1) is 13.3. The fourth-order valence-corrected chi connectivity index (χ4v) is 2.16. The highest BCUT2D eigenvalue weighted by molar-refractivity contribution is 6.32. The minimum atomic E-state index is -0.458. The zero-order valence-electron chi connectivity index (χ0n) is 9.89. The standard InChI is InChI=1S/C12H15ClN2O3/c13-11-2-1-9(7-12(11)15(16)17)8-14-10-3-5-18-6-4-10/h1-2,7,10,14H,3-6,8H2. The molecule has 0 saturated carbocycles. The summed E-state index contributed by atoms with van der Waals surface area (Å²) in [6.07, 6.45) is 1.96. The van der Waals surface area contributed by atoms with E-state index in [1.165, 1.54) is 6.07 Å². The molecule has 0 atom stereocenters. The van der Waals surface area contributed by atoms with E-state index in [1.54, 1.807) is 6.07 Å². The van der Waals surface area contributed by atoms with Crippen LogP contribution >= 0.6 is 11.6 Å². The van der Waals surface area contributed by atoms with Crippen LogP contribution in [-0.2, 0) is 11.3 Å². The highest BCUT2D eigenvalue weighted by Gasteiger charge is 2.15. The van der Waals surface area contributed by atoms with E-state index in [4.69, 9.17) is 16.3 Å². The van der Waals surface area contributed by atoms with Gasteiger partial charge >= 0.3 is 0 Å². The zero-order chi connectivity index (χ0) is 13.0. The lowest BCUT2D eigenvalue weighted by atomic mass is 10.1. The van der Waals surface area contributed by atoms with Gasteiger partial charge in [0.25, 0.3) is 5.69 Å². The first-order chi connectivity index (χ1) is 8.66. The van der Waals surface area contributed by atoms with E-state index in [-0.39, 0.29) is 10.7 Å². The van der Waals surface area contributed by atoms with Gasteiger partial charge in [-0.25, -0.2) is 0 Å². The molecule has 2 rings (SSSR count). The maximum Gasteiger partial charge on any atom is 0.288 e. The van der Waals surface area contributed by atoms with E-state index in [9.17, 15) is 10.1 Å². The molecule has 1 aromatic rings. The van der Waals surface area contributed by atoms with Crippen LogP contribution in [0.3, 0.4) is 0 Å². The molecular weight excluding hydrogens is 256 g/mol. The predicted molar refractivity (Wildman–Crippen MR) is 68.8 cm³/mol. The Balaban J connectivity index is 1.96. The first-order valence-electron chi connectivity index (χ1n) is 5.91. The molecule has 0 amide bonds. The maximum absolute atomic E-state index is 10.8. The number of hydrogen-bond donors (Lipinski definition) is 1. The Kier molecular flexibility index (Phi) is 4.52. The van der Waals surface area contributed by atoms with Crippen LogP contribution in [0, 0.1) is 10.1 Å². The van der Waals surface area contributed by atoms with Gasteiger partial charge < -0.3 is 10.1 Å². The number of hydrogen-bond acceptors (Lipinski definition) is 4. The van der Waals surface area contributed by atoms with Gasteiger partial charge in [0, 0.05) is 31.9 Å². The fourth-order valence-electron chi connectivity index (χ4n) is 1.97. The lowest BCUT2D eigenvalue weighted by Gasteiger charge is -2.23. The molecule has 1 heterocycles. The van der Waals surface area contributed by atoms with E-state index in [0.29, 0.717) is 12.6 Å². The zero-order valence-corrected chi connectivity index (χ0v) is 10.7. The van der Waals surface area contributed by atoms with Crippen molar-refractivity contribution in [2.75, 3.05) is 13.2 Å². The summed E-state index contributed by atoms with van der Waals surface area (Å²) in [6.45, 7) is 2.17. The topological polar surface area (TPSA) is 64.4 Å². The molecule has 0 spiro atoms. The van der Waals surface area contributed by atoms with Crippen molar-refractivity contribution < 1.29 is 9.66 Å². The number of ether oxygens (including phenoxy) is 1. The van der Waals surface area contributed by atoms with E-state index in [1.807, 2.05) is 6.07 Å². The molecular formula is C12H15ClN2O3. The average Bonchev–Trinajstić information content (AvgIpc) is 2.38. The third-order valence-electron chi connectivity index (χ3n) is 3.02. The van der Waals surface area contributed by atoms with Crippen molar-refractivity contribution in [2.45, 2.75) is 25.4 Å². The molecule has 1 N–H and O–H groups in total. The molecule has 6 heteroatoms. The van der Waals surface area contributed by atoms with Crippen LogP contribution in [0.2, 0.25) is 5.02 Å². The van der Waals surface area contributed by atoms with Crippen LogP contribution in [0.1, 0.15) is 18.4 Å². The molecule has 18 heavy (non-hydrogen) atoms. The van der Waals surface area contributed by atoms with Crippen LogP contribution in [0.25, 0.3) is 0 Å². The Morgan fingerprint density at radius 2 is 2.17 bits per heavy atom. The predicted octanol–water partition coefficient (Wildman–Crippen LogP) is 2.52. The minimum Gasteiger partial charge on any atom is -0.381 e. The van der Waals surface area contributed by atoms with Crippen molar-refractivity contribution in [1.29, 1.82) is 0 Å². The second kappa shape index (κ2) is 6.13. The van der Waals surface area contributed by atoms with Crippen molar-refractivity contribution in [3.63, 3.8) is 0 Å². The third-order valence-corrected chi connectivity index (χ3v) is 3.34. The van der Waals surface area contributed by atoms with Crippen molar-refractivity contribution >= 4 is 17.3 Å². The Morgan fingerprint density at radius 1 is 1.44 bits per heavy atom. The van der Waals surface area contributed by atoms with E-state index in [0.717, 1.165) is 31.6 Å². The molecule has 1 aliphatic heterocycles. The van der Waals surface area contributed by atoms with Gasteiger partial charge in [0.05, 0.1) is 4.92 Å². The van der Waals surface area contributed by atoms with Crippen LogP contribution in [0.15, 0.2) is 18.2 Å². The Bertz CT molecular complexity index is 433. The molecule has 0 radical (unpaired) electrons. The van der Waals surface area contributed by atoms with E-state index < -0.39 is 4.92 Å². The van der Waals surface area contributed by atoms with Crippen molar-refractivity contribution in [3.05, 3.63) is 38.9 Å². The third kappa shape index (κ3) is 3.41. The molecule has 0 aromatic heterocycles. The van der Waals surface area contributed by atoms with Crippen LogP contribution in [-0.4, -0.2) is 24.2 Å². The fraction of sp³-hybridized carbons (Fsp3) is 0.500. The molecule has 1 aromatic carbocycles. The van der Waals surface area contributed by atoms with Gasteiger partial charge in [-0.15, -0.1) is 0 Å². The van der Waals surface area contributed by atoms with Gasteiger partial charge in [0.1, 0.15) is 5.02 Å². The van der Waals surface area contributed by atoms with Crippen LogP contribution < -0.4 is 5.32 Å². The number of benzene rings is 1. The molecule has 1 aliphatic rings. The smallest absolute Gasteiger partial charge is 0.288 e. The van der Waals surface area contributed by atoms with Crippen molar-refractivity contribution in [3.8, 4) is 0 Å². The van der Waals surface area contributed by atoms with E-state index in [2.05, 4.69) is 5.32 Å². The van der Waals surface area contributed by atoms with E-state index >= 15 is 0 Å². The summed E-state index contributed by atoms with van der Waals surface area (Å²) in [4.78, 5) is 10.3. The lowest BCUT2D eigenvalue weighted by Crippen LogP contribution is -2.34. The van der Waals surface area contributed by atoms with Gasteiger partial charge in [-0.05, 0) is 24.5 Å². The summed E-state index contributed by atoms with van der Waals surface area (Å²) in [7, 11) is 0. The Morgan fingerprint density at radius 3 is 2.83 bits per heavy atom. The number of rotatable bonds is 4. The lowest BCUT2D eigenvalue weighted by molar-refractivity contribution is -0.384. The normalized spacial score (nSPS) is 16.7. The molecule has 1 fully saturated rings. The monoisotopic (exact) mass is 270 g/mol. The van der Waals surface area contributed by atoms with Crippen LogP contribution in [0.4, 0.5) is 5.69 Å². The van der Waals surface area contributed by atoms with Crippen molar-refractivity contribution in [2.24, 2.45) is 0 Å². The van der Waals surface area contributed by atoms with Gasteiger partial charge in [-0.1, -0.05) is 17.7 Å². The SMILES string of the molecule is O=[N+]([O-])c1cc(CNC2CCOCC2)ccc1Cl. The molecule has 0 aliphatic carbocycles. The van der Waals surface area contributed by atoms with Gasteiger partial charge in [0.15, 0.2) is 0 Å². The summed E-state index contributed by atoms with van der Waals surface area (Å²) < 4.78 is 5.27. The minimum absolute atomic E-state index is 0.0389. The molecule has 98 valence electrons. The number of nitrogens with zero attached hydrogens (tertiary/aromatic N) is 1. The largest absolute Gasteiger partial charge is 0.381 e.